The number of halogens is 4. The normalized spacial score (nSPS) is 12.4. The molecule has 16 heavy (non-hydrogen) atoms. The lowest BCUT2D eigenvalue weighted by atomic mass is 9.99. The first-order chi connectivity index (χ1) is 6.96. The Morgan fingerprint density at radius 2 is 1.88 bits per heavy atom. The van der Waals surface area contributed by atoms with Crippen molar-refractivity contribution in [1.29, 1.82) is 5.26 Å². The van der Waals surface area contributed by atoms with Gasteiger partial charge >= 0.3 is 6.18 Å². The fraction of sp³-hybridized carbons (Fsp3) is 0.300. The summed E-state index contributed by atoms with van der Waals surface area (Å²) in [6.45, 7) is 0. The number of alkyl halides is 3. The molecule has 0 bridgehead atoms. The summed E-state index contributed by atoms with van der Waals surface area (Å²) in [5.41, 5.74) is 4.67. The molecule has 0 saturated heterocycles. The van der Waals surface area contributed by atoms with Gasteiger partial charge in [-0.05, 0) is 11.6 Å². The van der Waals surface area contributed by atoms with Crippen LogP contribution in [0.5, 0.6) is 0 Å². The SMILES string of the molecule is Cl.N#CC[C@H](N)c1ccccc1C(F)(F)F. The standard InChI is InChI=1S/C10H9F3N2.ClH/c11-10(12,13)8-4-2-1-3-7(8)9(15)5-6-14;/h1-4,9H,5,15H2;1H/t9-;/m0./s1. The van der Waals surface area contributed by atoms with Crippen molar-refractivity contribution in [3.8, 4) is 6.07 Å². The third kappa shape index (κ3) is 3.40. The molecule has 0 unspecified atom stereocenters. The Morgan fingerprint density at radius 1 is 1.31 bits per heavy atom. The van der Waals surface area contributed by atoms with Crippen LogP contribution in [0.3, 0.4) is 0 Å². The van der Waals surface area contributed by atoms with Gasteiger partial charge in [-0.15, -0.1) is 12.4 Å². The Morgan fingerprint density at radius 3 is 2.38 bits per heavy atom. The Kier molecular flexibility index (Phi) is 5.28. The third-order valence-electron chi connectivity index (χ3n) is 1.98. The Labute approximate surface area is 97.3 Å². The summed E-state index contributed by atoms with van der Waals surface area (Å²) in [5, 5.41) is 8.38. The van der Waals surface area contributed by atoms with Gasteiger partial charge in [0.2, 0.25) is 0 Å². The van der Waals surface area contributed by atoms with Crippen molar-refractivity contribution in [3.05, 3.63) is 35.4 Å². The second-order valence-corrected chi connectivity index (χ2v) is 3.05. The summed E-state index contributed by atoms with van der Waals surface area (Å²) in [4.78, 5) is 0. The molecule has 0 amide bonds. The number of rotatable bonds is 2. The molecule has 0 aliphatic carbocycles. The van der Waals surface area contributed by atoms with Gasteiger partial charge < -0.3 is 5.73 Å². The minimum atomic E-state index is -4.43. The lowest BCUT2D eigenvalue weighted by Gasteiger charge is -2.15. The first-order valence-corrected chi connectivity index (χ1v) is 4.25. The van der Waals surface area contributed by atoms with Crippen molar-refractivity contribution in [2.24, 2.45) is 5.73 Å². The smallest absolute Gasteiger partial charge is 0.323 e. The van der Waals surface area contributed by atoms with E-state index in [1.807, 2.05) is 0 Å². The minimum Gasteiger partial charge on any atom is -0.323 e. The lowest BCUT2D eigenvalue weighted by Crippen LogP contribution is -2.16. The van der Waals surface area contributed by atoms with E-state index in [1.165, 1.54) is 18.2 Å². The molecule has 2 nitrogen and oxygen atoms in total. The van der Waals surface area contributed by atoms with Crippen molar-refractivity contribution in [2.75, 3.05) is 0 Å². The van der Waals surface area contributed by atoms with Crippen LogP contribution in [0.2, 0.25) is 0 Å². The molecule has 0 fully saturated rings. The molecule has 0 spiro atoms. The minimum absolute atomic E-state index is 0. The van der Waals surface area contributed by atoms with Gasteiger partial charge in [0, 0.05) is 6.04 Å². The molecule has 1 rings (SSSR count). The van der Waals surface area contributed by atoms with Crippen LogP contribution in [0.4, 0.5) is 13.2 Å². The van der Waals surface area contributed by atoms with Gasteiger partial charge in [-0.3, -0.25) is 0 Å². The zero-order valence-corrected chi connectivity index (χ0v) is 8.98. The molecule has 0 saturated carbocycles. The van der Waals surface area contributed by atoms with Crippen molar-refractivity contribution in [3.63, 3.8) is 0 Å². The molecule has 0 aliphatic rings. The molecule has 0 heterocycles. The summed E-state index contributed by atoms with van der Waals surface area (Å²) in [5.74, 6) is 0. The van der Waals surface area contributed by atoms with Gasteiger partial charge in [0.25, 0.3) is 0 Å². The van der Waals surface area contributed by atoms with Crippen LogP contribution in [0, 0.1) is 11.3 Å². The summed E-state index contributed by atoms with van der Waals surface area (Å²) >= 11 is 0. The Bertz CT molecular complexity index is 384. The largest absolute Gasteiger partial charge is 0.416 e. The van der Waals surface area contributed by atoms with Crippen LogP contribution in [-0.4, -0.2) is 0 Å². The molecule has 0 radical (unpaired) electrons. The Balaban J connectivity index is 0.00000225. The average Bonchev–Trinajstić information content (AvgIpc) is 2.17. The highest BCUT2D eigenvalue weighted by Gasteiger charge is 2.34. The van der Waals surface area contributed by atoms with Gasteiger partial charge in [0.15, 0.2) is 0 Å². The highest BCUT2D eigenvalue weighted by molar-refractivity contribution is 5.85. The van der Waals surface area contributed by atoms with E-state index in [9.17, 15) is 13.2 Å². The maximum atomic E-state index is 12.5. The number of hydrogen-bond acceptors (Lipinski definition) is 2. The molecule has 1 aromatic carbocycles. The van der Waals surface area contributed by atoms with Crippen molar-refractivity contribution < 1.29 is 13.2 Å². The summed E-state index contributed by atoms with van der Waals surface area (Å²) in [6.07, 6.45) is -4.56. The first kappa shape index (κ1) is 14.8. The summed E-state index contributed by atoms with van der Waals surface area (Å²) < 4.78 is 37.5. The predicted molar refractivity (Wildman–Crippen MR) is 55.9 cm³/mol. The zero-order chi connectivity index (χ0) is 11.5. The van der Waals surface area contributed by atoms with Crippen molar-refractivity contribution in [1.82, 2.24) is 0 Å². The van der Waals surface area contributed by atoms with Gasteiger partial charge in [-0.1, -0.05) is 18.2 Å². The monoisotopic (exact) mass is 250 g/mol. The van der Waals surface area contributed by atoms with Gasteiger partial charge in [-0.25, -0.2) is 0 Å². The number of hydrogen-bond donors (Lipinski definition) is 1. The summed E-state index contributed by atoms with van der Waals surface area (Å²) in [6, 6.07) is 5.89. The molecule has 0 aliphatic heterocycles. The average molecular weight is 251 g/mol. The second-order valence-electron chi connectivity index (χ2n) is 3.05. The van der Waals surface area contributed by atoms with E-state index >= 15 is 0 Å². The van der Waals surface area contributed by atoms with Gasteiger partial charge in [0.1, 0.15) is 0 Å². The fourth-order valence-corrected chi connectivity index (χ4v) is 1.29. The van der Waals surface area contributed by atoms with Crippen LogP contribution in [0.1, 0.15) is 23.6 Å². The highest BCUT2D eigenvalue weighted by Crippen LogP contribution is 2.34. The van der Waals surface area contributed by atoms with Crippen LogP contribution in [0.25, 0.3) is 0 Å². The number of nitrogens with two attached hydrogens (primary N) is 1. The van der Waals surface area contributed by atoms with Crippen LogP contribution < -0.4 is 5.73 Å². The van der Waals surface area contributed by atoms with Crippen molar-refractivity contribution in [2.45, 2.75) is 18.6 Å². The number of nitriles is 1. The van der Waals surface area contributed by atoms with Crippen LogP contribution in [-0.2, 0) is 6.18 Å². The van der Waals surface area contributed by atoms with E-state index in [4.69, 9.17) is 11.0 Å². The maximum Gasteiger partial charge on any atom is 0.416 e. The van der Waals surface area contributed by atoms with E-state index in [-0.39, 0.29) is 24.4 Å². The number of benzene rings is 1. The number of nitrogens with zero attached hydrogens (tertiary/aromatic N) is 1. The van der Waals surface area contributed by atoms with E-state index < -0.39 is 17.8 Å². The molecule has 2 N–H and O–H groups in total. The quantitative estimate of drug-likeness (QED) is 0.877. The predicted octanol–water partition coefficient (Wildman–Crippen LogP) is 3.04. The molecular formula is C10H10ClF3N2. The molecule has 0 aromatic heterocycles. The van der Waals surface area contributed by atoms with E-state index in [0.29, 0.717) is 0 Å². The topological polar surface area (TPSA) is 49.8 Å². The highest BCUT2D eigenvalue weighted by atomic mass is 35.5. The van der Waals surface area contributed by atoms with Crippen LogP contribution in [0.15, 0.2) is 24.3 Å². The van der Waals surface area contributed by atoms with E-state index in [2.05, 4.69) is 0 Å². The van der Waals surface area contributed by atoms with Gasteiger partial charge in [-0.2, -0.15) is 18.4 Å². The first-order valence-electron chi connectivity index (χ1n) is 4.25. The van der Waals surface area contributed by atoms with E-state index in [1.54, 1.807) is 6.07 Å². The van der Waals surface area contributed by atoms with Gasteiger partial charge in [0.05, 0.1) is 18.1 Å². The molecule has 6 heteroatoms. The molecule has 1 atom stereocenters. The Hall–Kier alpha value is -1.25. The third-order valence-corrected chi connectivity index (χ3v) is 1.98. The maximum absolute atomic E-state index is 12.5. The van der Waals surface area contributed by atoms with Crippen LogP contribution >= 0.6 is 12.4 Å². The molecule has 88 valence electrons. The lowest BCUT2D eigenvalue weighted by molar-refractivity contribution is -0.138. The van der Waals surface area contributed by atoms with Crippen molar-refractivity contribution >= 4 is 12.4 Å². The molecular weight excluding hydrogens is 241 g/mol. The van der Waals surface area contributed by atoms with E-state index in [0.717, 1.165) is 6.07 Å². The second kappa shape index (κ2) is 5.73. The molecule has 1 aromatic rings. The fourth-order valence-electron chi connectivity index (χ4n) is 1.29. The zero-order valence-electron chi connectivity index (χ0n) is 8.16. The summed E-state index contributed by atoms with van der Waals surface area (Å²) in [7, 11) is 0.